The van der Waals surface area contributed by atoms with Gasteiger partial charge >= 0.3 is 0 Å². The highest BCUT2D eigenvalue weighted by atomic mass is 16.3. The number of benzene rings is 1. The number of nitrogens with two attached hydrogens (primary N) is 1. The van der Waals surface area contributed by atoms with E-state index in [4.69, 9.17) is 5.73 Å². The number of rotatable bonds is 8. The number of Topliss-reactive ketones (excluding diaryl/α,β-unsaturated/α-hetero) is 4. The van der Waals surface area contributed by atoms with Crippen LogP contribution in [0.15, 0.2) is 6.07 Å². The molecule has 3 unspecified atom stereocenters. The fraction of sp³-hybridized carbons (Fsp3) is 0.586. The highest BCUT2D eigenvalue weighted by molar-refractivity contribution is 6.32. The Balaban J connectivity index is 1.86. The number of fused-ring (bicyclic) bond motifs is 3. The summed E-state index contributed by atoms with van der Waals surface area (Å²) in [4.78, 5) is 83.4. The number of hydrogen-bond donors (Lipinski definition) is 3. The van der Waals surface area contributed by atoms with Crippen molar-refractivity contribution in [3.8, 4) is 5.75 Å². The Morgan fingerprint density at radius 3 is 2.29 bits per heavy atom. The van der Waals surface area contributed by atoms with E-state index in [1.54, 1.807) is 39.2 Å². The summed E-state index contributed by atoms with van der Waals surface area (Å²) >= 11 is 0. The molecule has 0 aliphatic heterocycles. The number of nitrogens with zero attached hydrogens (tertiary/aromatic N) is 3. The van der Waals surface area contributed by atoms with Crippen molar-refractivity contribution >= 4 is 41.1 Å². The van der Waals surface area contributed by atoms with Crippen molar-refractivity contribution in [2.45, 2.75) is 44.9 Å². The Morgan fingerprint density at radius 2 is 1.78 bits per heavy atom. The van der Waals surface area contributed by atoms with Crippen molar-refractivity contribution in [2.75, 3.05) is 39.6 Å². The van der Waals surface area contributed by atoms with Gasteiger partial charge in [-0.2, -0.15) is 0 Å². The van der Waals surface area contributed by atoms with Gasteiger partial charge in [0.2, 0.25) is 12.3 Å². The fourth-order valence-corrected chi connectivity index (χ4v) is 7.06. The number of aliphatic hydroxyl groups is 1. The number of anilines is 1. The van der Waals surface area contributed by atoms with Crippen LogP contribution < -0.4 is 10.6 Å². The van der Waals surface area contributed by atoms with E-state index in [9.17, 15) is 39.0 Å². The zero-order valence-corrected chi connectivity index (χ0v) is 24.2. The second-order valence-corrected chi connectivity index (χ2v) is 12.4. The van der Waals surface area contributed by atoms with Gasteiger partial charge in [-0.25, -0.2) is 0 Å². The lowest BCUT2D eigenvalue weighted by molar-refractivity contribution is -0.181. The second-order valence-electron chi connectivity index (χ2n) is 12.4. The van der Waals surface area contributed by atoms with E-state index in [2.05, 4.69) is 0 Å². The lowest BCUT2D eigenvalue weighted by atomic mass is 9.52. The zero-order chi connectivity index (χ0) is 30.7. The Morgan fingerprint density at radius 1 is 1.15 bits per heavy atom. The standard InChI is InChI=1S/C29H38N4O8/c1-13(2)10-33(12-34)11-15-9-18(31(3)4)16-7-14-8-17-22(32(5)6)25(37)21(28(30)40)27(39)29(17,41)26(38)19(14)24(36)20(16)23(15)35/h9,12-14,17,19,21-22,35,41H,7-8,10-11H2,1-6H3,(H2,30,40)/t14-,17-,19?,21?,22?,29-/m1/s1. The van der Waals surface area contributed by atoms with Crippen LogP contribution in [-0.2, 0) is 36.9 Å². The van der Waals surface area contributed by atoms with E-state index < -0.39 is 64.4 Å². The molecule has 0 heterocycles. The molecule has 4 rings (SSSR count). The lowest BCUT2D eigenvalue weighted by Gasteiger charge is -2.52. The van der Waals surface area contributed by atoms with Crippen LogP contribution in [-0.4, -0.2) is 102 Å². The van der Waals surface area contributed by atoms with Crippen molar-refractivity contribution in [1.29, 1.82) is 0 Å². The molecular formula is C29H38N4O8. The Labute approximate surface area is 238 Å². The number of aromatic hydroxyl groups is 1. The quantitative estimate of drug-likeness (QED) is 0.274. The predicted octanol–water partition coefficient (Wildman–Crippen LogP) is -0.453. The first-order valence-electron chi connectivity index (χ1n) is 13.7. The maximum atomic E-state index is 14.1. The highest BCUT2D eigenvalue weighted by Gasteiger charge is 2.69. The molecule has 12 heteroatoms. The number of ketones is 4. The van der Waals surface area contributed by atoms with Crippen molar-refractivity contribution < 1.29 is 39.0 Å². The van der Waals surface area contributed by atoms with Crippen LogP contribution in [0, 0.1) is 29.6 Å². The number of carbonyl (C=O) groups is 6. The van der Waals surface area contributed by atoms with Crippen molar-refractivity contribution in [1.82, 2.24) is 9.80 Å². The van der Waals surface area contributed by atoms with Gasteiger partial charge in [0.05, 0.1) is 17.5 Å². The molecule has 1 aromatic carbocycles. The molecule has 0 saturated heterocycles. The van der Waals surface area contributed by atoms with Crippen LogP contribution in [0.2, 0.25) is 0 Å². The van der Waals surface area contributed by atoms with E-state index in [1.165, 1.54) is 9.80 Å². The predicted molar refractivity (Wildman–Crippen MR) is 147 cm³/mol. The minimum Gasteiger partial charge on any atom is -0.507 e. The van der Waals surface area contributed by atoms with Crippen molar-refractivity contribution in [3.63, 3.8) is 0 Å². The van der Waals surface area contributed by atoms with Crippen LogP contribution >= 0.6 is 0 Å². The summed E-state index contributed by atoms with van der Waals surface area (Å²) in [6.07, 6.45) is 0.807. The van der Waals surface area contributed by atoms with E-state index in [0.717, 1.165) is 0 Å². The van der Waals surface area contributed by atoms with Gasteiger partial charge in [0, 0.05) is 44.4 Å². The number of amides is 2. The second kappa shape index (κ2) is 10.6. The summed E-state index contributed by atoms with van der Waals surface area (Å²) in [5.74, 6) is -10.8. The van der Waals surface area contributed by atoms with Gasteiger partial charge in [-0.15, -0.1) is 0 Å². The van der Waals surface area contributed by atoms with Gasteiger partial charge in [-0.3, -0.25) is 33.7 Å². The molecule has 0 aromatic heterocycles. The average Bonchev–Trinajstić information content (AvgIpc) is 2.86. The molecule has 222 valence electrons. The first-order chi connectivity index (χ1) is 19.1. The van der Waals surface area contributed by atoms with E-state index >= 15 is 0 Å². The largest absolute Gasteiger partial charge is 0.507 e. The summed E-state index contributed by atoms with van der Waals surface area (Å²) in [5.41, 5.74) is 3.94. The average molecular weight is 571 g/mol. The number of carbonyl (C=O) groups excluding carboxylic acids is 6. The minimum absolute atomic E-state index is 0.0212. The molecule has 2 fully saturated rings. The zero-order valence-electron chi connectivity index (χ0n) is 24.2. The SMILES string of the molecule is CC(C)CN(C=O)Cc1cc(N(C)C)c2c(c1O)C(=O)C1C(=O)[C@@]3(O)C(=O)C(C(N)=O)C(=O)C(N(C)C)[C@H]3C[C@H]1C2. The molecule has 0 spiro atoms. The van der Waals surface area contributed by atoms with Crippen LogP contribution in [0.1, 0.15) is 41.8 Å². The Kier molecular flexibility index (Phi) is 7.87. The Bertz CT molecular complexity index is 1340. The third-order valence-corrected chi connectivity index (χ3v) is 8.72. The number of hydrogen-bond acceptors (Lipinski definition) is 10. The van der Waals surface area contributed by atoms with Crippen LogP contribution in [0.25, 0.3) is 0 Å². The van der Waals surface area contributed by atoms with Gasteiger partial charge in [0.15, 0.2) is 34.7 Å². The maximum absolute atomic E-state index is 14.1. The molecule has 12 nitrogen and oxygen atoms in total. The van der Waals surface area contributed by atoms with Gasteiger partial charge in [0.25, 0.3) is 0 Å². The molecule has 6 atom stereocenters. The molecule has 0 bridgehead atoms. The van der Waals surface area contributed by atoms with E-state index in [1.807, 2.05) is 13.8 Å². The topological polar surface area (TPSA) is 179 Å². The highest BCUT2D eigenvalue weighted by Crippen LogP contribution is 2.52. The third kappa shape index (κ3) is 4.62. The monoisotopic (exact) mass is 570 g/mol. The molecule has 4 N–H and O–H groups in total. The molecular weight excluding hydrogens is 532 g/mol. The van der Waals surface area contributed by atoms with Gasteiger partial charge < -0.3 is 25.7 Å². The molecule has 0 radical (unpaired) electrons. The normalized spacial score (nSPS) is 29.2. The molecule has 1 aromatic rings. The Hall–Kier alpha value is -3.64. The minimum atomic E-state index is -2.78. The summed E-state index contributed by atoms with van der Waals surface area (Å²) in [7, 11) is 6.63. The van der Waals surface area contributed by atoms with E-state index in [0.29, 0.717) is 29.8 Å². The third-order valence-electron chi connectivity index (χ3n) is 8.72. The summed E-state index contributed by atoms with van der Waals surface area (Å²) in [5, 5.41) is 23.1. The fourth-order valence-electron chi connectivity index (χ4n) is 7.06. The van der Waals surface area contributed by atoms with Gasteiger partial charge in [-0.1, -0.05) is 13.8 Å². The first-order valence-corrected chi connectivity index (χ1v) is 13.7. The van der Waals surface area contributed by atoms with Crippen LogP contribution in [0.4, 0.5) is 5.69 Å². The van der Waals surface area contributed by atoms with E-state index in [-0.39, 0.29) is 36.6 Å². The maximum Gasteiger partial charge on any atom is 0.235 e. The molecule has 2 saturated carbocycles. The smallest absolute Gasteiger partial charge is 0.235 e. The van der Waals surface area contributed by atoms with Gasteiger partial charge in [0.1, 0.15) is 5.75 Å². The number of phenolic OH excluding ortho intramolecular Hbond substituents is 1. The molecule has 2 amide bonds. The van der Waals surface area contributed by atoms with Gasteiger partial charge in [-0.05, 0) is 50.4 Å². The van der Waals surface area contributed by atoms with Crippen LogP contribution in [0.5, 0.6) is 5.75 Å². The lowest BCUT2D eigenvalue weighted by Crippen LogP contribution is -2.74. The number of phenols is 1. The summed E-state index contributed by atoms with van der Waals surface area (Å²) in [6, 6.07) is 0.559. The van der Waals surface area contributed by atoms with Crippen LogP contribution in [0.3, 0.4) is 0 Å². The van der Waals surface area contributed by atoms with Crippen molar-refractivity contribution in [2.24, 2.45) is 35.3 Å². The van der Waals surface area contributed by atoms with Crippen molar-refractivity contribution in [3.05, 3.63) is 22.8 Å². The summed E-state index contributed by atoms with van der Waals surface area (Å²) in [6.45, 7) is 4.31. The number of likely N-dealkylation sites (N-methyl/N-ethyl adjacent to an activating group) is 1. The molecule has 3 aliphatic carbocycles. The summed E-state index contributed by atoms with van der Waals surface area (Å²) < 4.78 is 0. The number of primary amides is 1. The molecule has 41 heavy (non-hydrogen) atoms. The first kappa shape index (κ1) is 30.3. The molecule has 3 aliphatic rings.